The Hall–Kier alpha value is -2.20. The zero-order valence-corrected chi connectivity index (χ0v) is 14.0. The smallest absolute Gasteiger partial charge is 0.258 e. The van der Waals surface area contributed by atoms with E-state index in [9.17, 15) is 9.18 Å². The van der Waals surface area contributed by atoms with Crippen molar-refractivity contribution >= 4 is 11.6 Å². The Morgan fingerprint density at radius 1 is 1.12 bits per heavy atom. The van der Waals surface area contributed by atoms with E-state index in [2.05, 4.69) is 17.1 Å². The summed E-state index contributed by atoms with van der Waals surface area (Å²) in [7, 11) is 0. The van der Waals surface area contributed by atoms with Crippen molar-refractivity contribution in [3.05, 3.63) is 65.5 Å². The molecule has 0 bridgehead atoms. The predicted octanol–water partition coefficient (Wildman–Crippen LogP) is 4.31. The van der Waals surface area contributed by atoms with Crippen LogP contribution in [0.2, 0.25) is 0 Å². The van der Waals surface area contributed by atoms with Crippen LogP contribution in [0.25, 0.3) is 0 Å². The number of likely N-dealkylation sites (tertiary alicyclic amines) is 1. The molecule has 0 radical (unpaired) electrons. The first-order valence-electron chi connectivity index (χ1n) is 8.49. The van der Waals surface area contributed by atoms with Crippen LogP contribution in [0, 0.1) is 11.7 Å². The van der Waals surface area contributed by atoms with Gasteiger partial charge in [-0.2, -0.15) is 0 Å². The lowest BCUT2D eigenvalue weighted by molar-refractivity contribution is 0.102. The van der Waals surface area contributed by atoms with Gasteiger partial charge in [0.15, 0.2) is 0 Å². The van der Waals surface area contributed by atoms with Gasteiger partial charge in [-0.05, 0) is 61.7 Å². The molecule has 3 nitrogen and oxygen atoms in total. The van der Waals surface area contributed by atoms with Gasteiger partial charge in [0.25, 0.3) is 5.91 Å². The molecule has 0 unspecified atom stereocenters. The summed E-state index contributed by atoms with van der Waals surface area (Å²) in [6.45, 7) is 5.54. The van der Waals surface area contributed by atoms with Crippen molar-refractivity contribution in [3.8, 4) is 0 Å². The van der Waals surface area contributed by atoms with E-state index in [1.54, 1.807) is 12.1 Å². The van der Waals surface area contributed by atoms with Crippen molar-refractivity contribution in [1.29, 1.82) is 0 Å². The predicted molar refractivity (Wildman–Crippen MR) is 94.5 cm³/mol. The van der Waals surface area contributed by atoms with Gasteiger partial charge in [0, 0.05) is 12.2 Å². The van der Waals surface area contributed by atoms with E-state index in [-0.39, 0.29) is 5.56 Å². The highest BCUT2D eigenvalue weighted by molar-refractivity contribution is 6.04. The van der Waals surface area contributed by atoms with Crippen LogP contribution in [0.5, 0.6) is 0 Å². The van der Waals surface area contributed by atoms with Crippen LogP contribution < -0.4 is 5.32 Å². The molecule has 24 heavy (non-hydrogen) atoms. The molecule has 1 heterocycles. The molecule has 1 aliphatic heterocycles. The molecular formula is C20H23FN2O. The zero-order valence-electron chi connectivity index (χ0n) is 14.0. The van der Waals surface area contributed by atoms with E-state index in [0.717, 1.165) is 25.6 Å². The van der Waals surface area contributed by atoms with Gasteiger partial charge < -0.3 is 5.32 Å². The van der Waals surface area contributed by atoms with Crippen molar-refractivity contribution in [2.45, 2.75) is 26.3 Å². The van der Waals surface area contributed by atoms with E-state index >= 15 is 0 Å². The molecule has 1 amide bonds. The Bertz CT molecular complexity index is 691. The number of amides is 1. The van der Waals surface area contributed by atoms with Crippen LogP contribution in [-0.2, 0) is 6.54 Å². The maximum Gasteiger partial charge on any atom is 0.258 e. The first-order chi connectivity index (χ1) is 11.6. The number of hydrogen-bond donors (Lipinski definition) is 1. The number of nitrogens with zero attached hydrogens (tertiary/aromatic N) is 1. The summed E-state index contributed by atoms with van der Waals surface area (Å²) in [5.41, 5.74) is 1.97. The zero-order chi connectivity index (χ0) is 16.9. The molecule has 3 rings (SSSR count). The maximum absolute atomic E-state index is 13.6. The van der Waals surface area contributed by atoms with Crippen molar-refractivity contribution in [2.75, 3.05) is 18.4 Å². The number of rotatable bonds is 4. The summed E-state index contributed by atoms with van der Waals surface area (Å²) < 4.78 is 13.6. The monoisotopic (exact) mass is 326 g/mol. The number of carbonyl (C=O) groups is 1. The van der Waals surface area contributed by atoms with Crippen molar-refractivity contribution in [3.63, 3.8) is 0 Å². The van der Waals surface area contributed by atoms with Gasteiger partial charge >= 0.3 is 0 Å². The molecule has 1 N–H and O–H groups in total. The third-order valence-corrected chi connectivity index (χ3v) is 4.61. The SMILES string of the molecule is CC1CCN(Cc2ccc(NC(=O)c3ccccc3F)cc2)CC1. The van der Waals surface area contributed by atoms with Gasteiger partial charge in [-0.25, -0.2) is 4.39 Å². The minimum absolute atomic E-state index is 0.0593. The summed E-state index contributed by atoms with van der Waals surface area (Å²) in [5, 5.41) is 2.74. The van der Waals surface area contributed by atoms with Crippen LogP contribution in [0.4, 0.5) is 10.1 Å². The van der Waals surface area contributed by atoms with Gasteiger partial charge in [-0.1, -0.05) is 31.2 Å². The van der Waals surface area contributed by atoms with Crippen molar-refractivity contribution in [1.82, 2.24) is 4.90 Å². The van der Waals surface area contributed by atoms with Gasteiger partial charge in [0.2, 0.25) is 0 Å². The fourth-order valence-corrected chi connectivity index (χ4v) is 3.02. The molecule has 4 heteroatoms. The molecule has 0 aliphatic carbocycles. The average molecular weight is 326 g/mol. The molecule has 1 saturated heterocycles. The third-order valence-electron chi connectivity index (χ3n) is 4.61. The van der Waals surface area contributed by atoms with Gasteiger partial charge in [0.05, 0.1) is 5.56 Å². The van der Waals surface area contributed by atoms with Crippen LogP contribution >= 0.6 is 0 Å². The summed E-state index contributed by atoms with van der Waals surface area (Å²) in [5.74, 6) is -0.103. The molecule has 1 fully saturated rings. The number of hydrogen-bond acceptors (Lipinski definition) is 2. The lowest BCUT2D eigenvalue weighted by atomic mass is 9.99. The number of nitrogens with one attached hydrogen (secondary N) is 1. The van der Waals surface area contributed by atoms with Crippen LogP contribution in [0.15, 0.2) is 48.5 Å². The number of piperidine rings is 1. The second kappa shape index (κ2) is 7.58. The first kappa shape index (κ1) is 16.7. The van der Waals surface area contributed by atoms with E-state index in [1.165, 1.54) is 30.5 Å². The Morgan fingerprint density at radius 2 is 1.79 bits per heavy atom. The fraction of sp³-hybridized carbons (Fsp3) is 0.350. The molecule has 0 aromatic heterocycles. The van der Waals surface area contributed by atoms with Gasteiger partial charge in [0.1, 0.15) is 5.82 Å². The van der Waals surface area contributed by atoms with Crippen LogP contribution in [-0.4, -0.2) is 23.9 Å². The summed E-state index contributed by atoms with van der Waals surface area (Å²) in [6, 6.07) is 13.8. The van der Waals surface area contributed by atoms with Crippen molar-refractivity contribution < 1.29 is 9.18 Å². The molecule has 0 spiro atoms. The number of halogens is 1. The molecule has 2 aromatic carbocycles. The Balaban J connectivity index is 1.58. The third kappa shape index (κ3) is 4.20. The molecule has 0 atom stereocenters. The van der Waals surface area contributed by atoms with E-state index in [0.29, 0.717) is 5.69 Å². The minimum Gasteiger partial charge on any atom is -0.322 e. The summed E-state index contributed by atoms with van der Waals surface area (Å²) >= 11 is 0. The molecular weight excluding hydrogens is 303 g/mol. The molecule has 1 aliphatic rings. The van der Waals surface area contributed by atoms with Crippen molar-refractivity contribution in [2.24, 2.45) is 5.92 Å². The molecule has 126 valence electrons. The lowest BCUT2D eigenvalue weighted by Crippen LogP contribution is -2.32. The second-order valence-electron chi connectivity index (χ2n) is 6.59. The fourth-order valence-electron chi connectivity index (χ4n) is 3.02. The number of carbonyl (C=O) groups excluding carboxylic acids is 1. The quantitative estimate of drug-likeness (QED) is 0.908. The lowest BCUT2D eigenvalue weighted by Gasteiger charge is -2.30. The summed E-state index contributed by atoms with van der Waals surface area (Å²) in [6.07, 6.45) is 2.52. The number of benzene rings is 2. The standard InChI is InChI=1S/C20H23FN2O/c1-15-10-12-23(13-11-15)14-16-6-8-17(9-7-16)22-20(24)18-4-2-3-5-19(18)21/h2-9,15H,10-14H2,1H3,(H,22,24). The topological polar surface area (TPSA) is 32.3 Å². The van der Waals surface area contributed by atoms with E-state index in [1.807, 2.05) is 24.3 Å². The number of anilines is 1. The van der Waals surface area contributed by atoms with E-state index in [4.69, 9.17) is 0 Å². The summed E-state index contributed by atoms with van der Waals surface area (Å²) in [4.78, 5) is 14.6. The van der Waals surface area contributed by atoms with Crippen LogP contribution in [0.1, 0.15) is 35.7 Å². The second-order valence-corrected chi connectivity index (χ2v) is 6.59. The highest BCUT2D eigenvalue weighted by Gasteiger charge is 2.16. The van der Waals surface area contributed by atoms with E-state index < -0.39 is 11.7 Å². The largest absolute Gasteiger partial charge is 0.322 e. The van der Waals surface area contributed by atoms with Crippen LogP contribution in [0.3, 0.4) is 0 Å². The molecule has 0 saturated carbocycles. The Labute approximate surface area is 142 Å². The van der Waals surface area contributed by atoms with Gasteiger partial charge in [-0.15, -0.1) is 0 Å². The highest BCUT2D eigenvalue weighted by Crippen LogP contribution is 2.19. The highest BCUT2D eigenvalue weighted by atomic mass is 19.1. The minimum atomic E-state index is -0.508. The first-order valence-corrected chi connectivity index (χ1v) is 8.49. The van der Waals surface area contributed by atoms with Gasteiger partial charge in [-0.3, -0.25) is 9.69 Å². The Kier molecular flexibility index (Phi) is 5.26. The average Bonchev–Trinajstić information content (AvgIpc) is 2.59. The maximum atomic E-state index is 13.6. The normalized spacial score (nSPS) is 16.1. The molecule has 2 aromatic rings. The Morgan fingerprint density at radius 3 is 2.46 bits per heavy atom.